The van der Waals surface area contributed by atoms with Crippen molar-refractivity contribution in [2.75, 3.05) is 0 Å². The van der Waals surface area contributed by atoms with E-state index in [9.17, 15) is 14.7 Å². The summed E-state index contributed by atoms with van der Waals surface area (Å²) in [4.78, 5) is 24.3. The van der Waals surface area contributed by atoms with Crippen LogP contribution in [0.2, 0.25) is 0 Å². The Hall–Kier alpha value is -1.00. The maximum Gasteiger partial charge on any atom is 0.193 e. The smallest absolute Gasteiger partial charge is 0.193 e. The molecule has 1 heterocycles. The highest BCUT2D eigenvalue weighted by atomic mass is 16.6. The predicted octanol–water partition coefficient (Wildman–Crippen LogP) is 2.44. The fourth-order valence-corrected chi connectivity index (χ4v) is 3.25. The number of aliphatic hydroxyl groups is 1. The van der Waals surface area contributed by atoms with Crippen LogP contribution >= 0.6 is 0 Å². The van der Waals surface area contributed by atoms with Gasteiger partial charge < -0.3 is 9.84 Å². The second-order valence-electron chi connectivity index (χ2n) is 8.48. The van der Waals surface area contributed by atoms with Crippen molar-refractivity contribution in [3.63, 3.8) is 0 Å². The Morgan fingerprint density at radius 2 is 1.81 bits per heavy atom. The van der Waals surface area contributed by atoms with Gasteiger partial charge in [0.15, 0.2) is 11.4 Å². The van der Waals surface area contributed by atoms with E-state index in [0.717, 1.165) is 0 Å². The Morgan fingerprint density at radius 1 is 1.29 bits per heavy atom. The molecule has 21 heavy (non-hydrogen) atoms. The average Bonchev–Trinajstić information content (AvgIpc) is 2.97. The molecule has 2 aliphatic rings. The van der Waals surface area contributed by atoms with Crippen LogP contribution in [0.15, 0.2) is 11.6 Å². The minimum Gasteiger partial charge on any atom is -0.378 e. The van der Waals surface area contributed by atoms with Crippen LogP contribution in [0.3, 0.4) is 0 Å². The minimum atomic E-state index is -1.74. The van der Waals surface area contributed by atoms with Crippen LogP contribution in [0.4, 0.5) is 0 Å². The third-order valence-electron chi connectivity index (χ3n) is 4.57. The molecule has 1 N–H and O–H groups in total. The summed E-state index contributed by atoms with van der Waals surface area (Å²) < 4.78 is 5.84. The van der Waals surface area contributed by atoms with Crippen LogP contribution in [-0.4, -0.2) is 34.0 Å². The van der Waals surface area contributed by atoms with E-state index < -0.39 is 22.7 Å². The van der Waals surface area contributed by atoms with E-state index in [4.69, 9.17) is 4.74 Å². The first-order valence-electron chi connectivity index (χ1n) is 7.43. The van der Waals surface area contributed by atoms with Crippen molar-refractivity contribution < 1.29 is 19.4 Å². The predicted molar refractivity (Wildman–Crippen MR) is 79.9 cm³/mol. The van der Waals surface area contributed by atoms with Gasteiger partial charge >= 0.3 is 0 Å². The van der Waals surface area contributed by atoms with Gasteiger partial charge in [-0.1, -0.05) is 41.5 Å². The number of ketones is 2. The van der Waals surface area contributed by atoms with Crippen LogP contribution in [0.1, 0.15) is 54.9 Å². The molecule has 0 aromatic heterocycles. The van der Waals surface area contributed by atoms with E-state index in [0.29, 0.717) is 5.57 Å². The van der Waals surface area contributed by atoms with E-state index in [1.807, 2.05) is 47.6 Å². The second-order valence-corrected chi connectivity index (χ2v) is 8.48. The van der Waals surface area contributed by atoms with Crippen LogP contribution < -0.4 is 0 Å². The number of fused-ring (bicyclic) bond motifs is 1. The lowest BCUT2D eigenvalue weighted by atomic mass is 9.63. The van der Waals surface area contributed by atoms with Crippen LogP contribution in [0, 0.1) is 10.8 Å². The summed E-state index contributed by atoms with van der Waals surface area (Å²) >= 11 is 0. The molecule has 1 fully saturated rings. The summed E-state index contributed by atoms with van der Waals surface area (Å²) in [7, 11) is 0. The molecule has 0 amide bonds. The summed E-state index contributed by atoms with van der Waals surface area (Å²) in [6.45, 7) is 13.3. The Labute approximate surface area is 126 Å². The molecular weight excluding hydrogens is 268 g/mol. The van der Waals surface area contributed by atoms with E-state index >= 15 is 0 Å². The van der Waals surface area contributed by atoms with Crippen molar-refractivity contribution in [1.29, 1.82) is 0 Å². The van der Waals surface area contributed by atoms with E-state index in [-0.39, 0.29) is 23.4 Å². The van der Waals surface area contributed by atoms with Crippen LogP contribution in [0.25, 0.3) is 0 Å². The highest BCUT2D eigenvalue weighted by molar-refractivity contribution is 6.07. The molecule has 0 unspecified atom stereocenters. The van der Waals surface area contributed by atoms with E-state index in [1.54, 1.807) is 0 Å². The summed E-state index contributed by atoms with van der Waals surface area (Å²) in [5, 5.41) is 10.9. The van der Waals surface area contributed by atoms with Crippen molar-refractivity contribution in [2.45, 2.75) is 72.2 Å². The standard InChI is InChI=1S/C17H26O4/c1-10(18)8-16(20)12(19)11(14(2,3)4)9-17(13(16)21-17)15(5,6)7/h9,13,20H,8H2,1-7H3/t13-,16+,17+/m1/s1. The van der Waals surface area contributed by atoms with Gasteiger partial charge in [-0.3, -0.25) is 9.59 Å². The molecule has 0 aromatic carbocycles. The molecule has 1 saturated heterocycles. The Bertz CT molecular complexity index is 532. The zero-order chi connectivity index (χ0) is 16.4. The van der Waals surface area contributed by atoms with Gasteiger partial charge in [0.25, 0.3) is 0 Å². The number of epoxide rings is 1. The number of Topliss-reactive ketones (excluding diaryl/α,β-unsaturated/α-hetero) is 2. The van der Waals surface area contributed by atoms with Crippen molar-refractivity contribution in [3.05, 3.63) is 11.6 Å². The molecule has 0 bridgehead atoms. The summed E-state index contributed by atoms with van der Waals surface area (Å²) in [5.74, 6) is -0.577. The number of hydrogen-bond acceptors (Lipinski definition) is 4. The minimum absolute atomic E-state index is 0.193. The maximum absolute atomic E-state index is 12.8. The lowest BCUT2D eigenvalue weighted by molar-refractivity contribution is -0.142. The van der Waals surface area contributed by atoms with Crippen LogP contribution in [-0.2, 0) is 14.3 Å². The maximum atomic E-state index is 12.8. The molecule has 4 heteroatoms. The number of rotatable bonds is 2. The van der Waals surface area contributed by atoms with Gasteiger partial charge in [-0.25, -0.2) is 0 Å². The largest absolute Gasteiger partial charge is 0.378 e. The zero-order valence-corrected chi connectivity index (χ0v) is 14.0. The highest BCUT2D eigenvalue weighted by Gasteiger charge is 2.74. The lowest BCUT2D eigenvalue weighted by Gasteiger charge is -2.38. The molecule has 1 aliphatic carbocycles. The Kier molecular flexibility index (Phi) is 3.32. The van der Waals surface area contributed by atoms with Crippen molar-refractivity contribution in [2.24, 2.45) is 10.8 Å². The van der Waals surface area contributed by atoms with Crippen LogP contribution in [0.5, 0.6) is 0 Å². The molecule has 1 aliphatic heterocycles. The molecule has 4 nitrogen and oxygen atoms in total. The summed E-state index contributed by atoms with van der Waals surface area (Å²) in [6, 6.07) is 0. The number of hydrogen-bond donors (Lipinski definition) is 1. The molecule has 0 saturated carbocycles. The molecule has 3 atom stereocenters. The Balaban J connectivity index is 2.59. The first kappa shape index (κ1) is 16.4. The quantitative estimate of drug-likeness (QED) is 0.794. The number of carbonyl (C=O) groups is 2. The third-order valence-corrected chi connectivity index (χ3v) is 4.57. The second kappa shape index (κ2) is 4.26. The van der Waals surface area contributed by atoms with Gasteiger partial charge in [0.2, 0.25) is 0 Å². The van der Waals surface area contributed by atoms with E-state index in [2.05, 4.69) is 0 Å². The molecule has 0 spiro atoms. The van der Waals surface area contributed by atoms with E-state index in [1.165, 1.54) is 6.92 Å². The van der Waals surface area contributed by atoms with Crippen molar-refractivity contribution in [1.82, 2.24) is 0 Å². The average molecular weight is 294 g/mol. The summed E-state index contributed by atoms with van der Waals surface area (Å²) in [6.07, 6.45) is 1.06. The fraction of sp³-hybridized carbons (Fsp3) is 0.765. The zero-order valence-electron chi connectivity index (χ0n) is 14.0. The molecular formula is C17H26O4. The van der Waals surface area contributed by atoms with Gasteiger partial charge in [0, 0.05) is 12.0 Å². The SMILES string of the molecule is CC(=O)C[C@]1(O)C(=O)C(C(C)(C)C)=C[C@]2(C(C)(C)C)O[C@@H]21. The lowest BCUT2D eigenvalue weighted by Crippen LogP contribution is -2.55. The van der Waals surface area contributed by atoms with Gasteiger partial charge in [0.1, 0.15) is 17.5 Å². The fourth-order valence-electron chi connectivity index (χ4n) is 3.25. The number of carbonyl (C=O) groups excluding carboxylic acids is 2. The van der Waals surface area contributed by atoms with Gasteiger partial charge in [-0.05, 0) is 23.8 Å². The topological polar surface area (TPSA) is 66.9 Å². The highest BCUT2D eigenvalue weighted by Crippen LogP contribution is 2.60. The third kappa shape index (κ3) is 2.29. The molecule has 0 aromatic rings. The van der Waals surface area contributed by atoms with Gasteiger partial charge in [-0.2, -0.15) is 0 Å². The first-order chi connectivity index (χ1) is 9.26. The van der Waals surface area contributed by atoms with Gasteiger partial charge in [-0.15, -0.1) is 0 Å². The molecule has 2 rings (SSSR count). The van der Waals surface area contributed by atoms with Crippen molar-refractivity contribution in [3.8, 4) is 0 Å². The molecule has 118 valence electrons. The number of ether oxygens (including phenoxy) is 1. The van der Waals surface area contributed by atoms with Gasteiger partial charge in [0.05, 0.1) is 0 Å². The first-order valence-corrected chi connectivity index (χ1v) is 7.43. The Morgan fingerprint density at radius 3 is 2.19 bits per heavy atom. The van der Waals surface area contributed by atoms with Crippen molar-refractivity contribution >= 4 is 11.6 Å². The summed E-state index contributed by atoms with van der Waals surface area (Å²) in [5.41, 5.74) is -2.53. The monoisotopic (exact) mass is 294 g/mol. The normalized spacial score (nSPS) is 36.1. The molecule has 0 radical (unpaired) electrons.